The summed E-state index contributed by atoms with van der Waals surface area (Å²) in [5.41, 5.74) is 1.09. The van der Waals surface area contributed by atoms with E-state index in [9.17, 15) is 0 Å². The van der Waals surface area contributed by atoms with E-state index in [-0.39, 0.29) is 5.54 Å². The van der Waals surface area contributed by atoms with Crippen LogP contribution in [0.4, 0.5) is 5.82 Å². The van der Waals surface area contributed by atoms with E-state index < -0.39 is 0 Å². The van der Waals surface area contributed by atoms with Crippen LogP contribution in [0.1, 0.15) is 19.4 Å². The summed E-state index contributed by atoms with van der Waals surface area (Å²) in [5.74, 6) is 1.44. The van der Waals surface area contributed by atoms with Gasteiger partial charge >= 0.3 is 0 Å². The summed E-state index contributed by atoms with van der Waals surface area (Å²) >= 11 is 5.79. The maximum Gasteiger partial charge on any atom is 0.126 e. The van der Waals surface area contributed by atoms with Gasteiger partial charge in [-0.15, -0.1) is 11.6 Å². The van der Waals surface area contributed by atoms with E-state index in [1.165, 1.54) is 5.56 Å². The SMILES string of the molecule is Cc1ccnc(NC(C)(C)CCl)c1. The molecule has 1 rings (SSSR count). The normalized spacial score (nSPS) is 11.4. The Morgan fingerprint density at radius 1 is 1.54 bits per heavy atom. The van der Waals surface area contributed by atoms with Crippen molar-refractivity contribution in [2.24, 2.45) is 0 Å². The molecule has 1 aromatic heterocycles. The Balaban J connectivity index is 2.74. The van der Waals surface area contributed by atoms with Gasteiger partial charge in [-0.1, -0.05) is 0 Å². The number of halogens is 1. The van der Waals surface area contributed by atoms with Crippen LogP contribution in [0.5, 0.6) is 0 Å². The van der Waals surface area contributed by atoms with Gasteiger partial charge < -0.3 is 5.32 Å². The van der Waals surface area contributed by atoms with Gasteiger partial charge in [0.15, 0.2) is 0 Å². The monoisotopic (exact) mass is 198 g/mol. The van der Waals surface area contributed by atoms with Crippen molar-refractivity contribution in [2.75, 3.05) is 11.2 Å². The smallest absolute Gasteiger partial charge is 0.126 e. The quantitative estimate of drug-likeness (QED) is 0.756. The molecule has 3 heteroatoms. The molecule has 0 saturated carbocycles. The molecule has 0 amide bonds. The van der Waals surface area contributed by atoms with E-state index in [0.29, 0.717) is 5.88 Å². The van der Waals surface area contributed by atoms with Crippen molar-refractivity contribution >= 4 is 17.4 Å². The van der Waals surface area contributed by atoms with Crippen LogP contribution in [-0.2, 0) is 0 Å². The van der Waals surface area contributed by atoms with Crippen LogP contribution in [0.2, 0.25) is 0 Å². The highest BCUT2D eigenvalue weighted by Gasteiger charge is 2.15. The number of alkyl halides is 1. The molecule has 72 valence electrons. The minimum atomic E-state index is -0.109. The average Bonchev–Trinajstić information content (AvgIpc) is 2.03. The van der Waals surface area contributed by atoms with Gasteiger partial charge in [-0.05, 0) is 38.5 Å². The van der Waals surface area contributed by atoms with Gasteiger partial charge in [0.25, 0.3) is 0 Å². The standard InChI is InChI=1S/C10H15ClN2/c1-8-4-5-12-9(6-8)13-10(2,3)7-11/h4-6H,7H2,1-3H3,(H,12,13). The van der Waals surface area contributed by atoms with E-state index in [2.05, 4.69) is 10.3 Å². The van der Waals surface area contributed by atoms with Crippen molar-refractivity contribution in [3.63, 3.8) is 0 Å². The van der Waals surface area contributed by atoms with Gasteiger partial charge in [0.1, 0.15) is 5.82 Å². The summed E-state index contributed by atoms with van der Waals surface area (Å²) in [6, 6.07) is 3.98. The van der Waals surface area contributed by atoms with Gasteiger partial charge in [0, 0.05) is 17.6 Å². The lowest BCUT2D eigenvalue weighted by molar-refractivity contribution is 0.638. The zero-order chi connectivity index (χ0) is 9.90. The number of aryl methyl sites for hydroxylation is 1. The summed E-state index contributed by atoms with van der Waals surface area (Å²) in [6.45, 7) is 6.13. The number of rotatable bonds is 3. The zero-order valence-corrected chi connectivity index (χ0v) is 9.02. The Labute approximate surface area is 84.3 Å². The molecule has 0 saturated heterocycles. The summed E-state index contributed by atoms with van der Waals surface area (Å²) in [6.07, 6.45) is 1.79. The Bertz CT molecular complexity index is 284. The van der Waals surface area contributed by atoms with E-state index in [0.717, 1.165) is 5.82 Å². The lowest BCUT2D eigenvalue weighted by atomic mass is 10.1. The molecule has 0 atom stereocenters. The first-order valence-corrected chi connectivity index (χ1v) is 4.84. The number of aromatic nitrogens is 1. The van der Waals surface area contributed by atoms with Gasteiger partial charge in [0.05, 0.1) is 0 Å². The van der Waals surface area contributed by atoms with E-state index >= 15 is 0 Å². The van der Waals surface area contributed by atoms with Crippen LogP contribution in [0, 0.1) is 6.92 Å². The second-order valence-corrected chi connectivity index (χ2v) is 4.13. The van der Waals surface area contributed by atoms with Crippen molar-refractivity contribution in [3.05, 3.63) is 23.9 Å². The number of anilines is 1. The molecule has 0 aliphatic heterocycles. The van der Waals surface area contributed by atoms with E-state index in [4.69, 9.17) is 11.6 Å². The summed E-state index contributed by atoms with van der Waals surface area (Å²) in [5, 5.41) is 3.27. The third-order valence-corrected chi connectivity index (χ3v) is 2.38. The number of nitrogens with one attached hydrogen (secondary N) is 1. The van der Waals surface area contributed by atoms with Crippen LogP contribution >= 0.6 is 11.6 Å². The topological polar surface area (TPSA) is 24.9 Å². The molecule has 0 aliphatic rings. The van der Waals surface area contributed by atoms with Crippen LogP contribution < -0.4 is 5.32 Å². The van der Waals surface area contributed by atoms with Crippen LogP contribution in [0.25, 0.3) is 0 Å². The fraction of sp³-hybridized carbons (Fsp3) is 0.500. The molecule has 1 heterocycles. The maximum absolute atomic E-state index is 5.79. The Morgan fingerprint density at radius 2 is 2.23 bits per heavy atom. The first kappa shape index (κ1) is 10.3. The van der Waals surface area contributed by atoms with Gasteiger partial charge in [0.2, 0.25) is 0 Å². The molecule has 1 N–H and O–H groups in total. The first-order valence-electron chi connectivity index (χ1n) is 4.30. The Morgan fingerprint density at radius 3 is 2.77 bits per heavy atom. The predicted octanol–water partition coefficient (Wildman–Crippen LogP) is 2.82. The molecule has 0 aromatic carbocycles. The van der Waals surface area contributed by atoms with E-state index in [1.807, 2.05) is 32.9 Å². The largest absolute Gasteiger partial charge is 0.364 e. The molecule has 0 radical (unpaired) electrons. The number of hydrogen-bond donors (Lipinski definition) is 1. The predicted molar refractivity (Wildman–Crippen MR) is 57.4 cm³/mol. The van der Waals surface area contributed by atoms with Crippen molar-refractivity contribution < 1.29 is 0 Å². The second kappa shape index (κ2) is 3.97. The molecule has 0 bridgehead atoms. The summed E-state index contributed by atoms with van der Waals surface area (Å²) in [7, 11) is 0. The Kier molecular flexibility index (Phi) is 3.15. The fourth-order valence-electron chi connectivity index (χ4n) is 0.985. The van der Waals surface area contributed by atoms with Crippen molar-refractivity contribution in [1.82, 2.24) is 4.98 Å². The second-order valence-electron chi connectivity index (χ2n) is 3.86. The summed E-state index contributed by atoms with van der Waals surface area (Å²) < 4.78 is 0. The molecule has 0 spiro atoms. The van der Waals surface area contributed by atoms with Crippen molar-refractivity contribution in [3.8, 4) is 0 Å². The lowest BCUT2D eigenvalue weighted by Crippen LogP contribution is -2.33. The third kappa shape index (κ3) is 3.23. The zero-order valence-electron chi connectivity index (χ0n) is 8.26. The molecule has 0 unspecified atom stereocenters. The van der Waals surface area contributed by atoms with Crippen molar-refractivity contribution in [1.29, 1.82) is 0 Å². The first-order chi connectivity index (χ1) is 6.03. The molecule has 1 aromatic rings. The van der Waals surface area contributed by atoms with Crippen LogP contribution in [0.3, 0.4) is 0 Å². The number of pyridine rings is 1. The van der Waals surface area contributed by atoms with Crippen LogP contribution in [0.15, 0.2) is 18.3 Å². The van der Waals surface area contributed by atoms with Crippen molar-refractivity contribution in [2.45, 2.75) is 26.3 Å². The molecule has 2 nitrogen and oxygen atoms in total. The molecule has 0 fully saturated rings. The van der Waals surface area contributed by atoms with Gasteiger partial charge in [-0.25, -0.2) is 4.98 Å². The van der Waals surface area contributed by atoms with Crippen LogP contribution in [-0.4, -0.2) is 16.4 Å². The summed E-state index contributed by atoms with van der Waals surface area (Å²) in [4.78, 5) is 4.20. The maximum atomic E-state index is 5.79. The number of nitrogens with zero attached hydrogens (tertiary/aromatic N) is 1. The average molecular weight is 199 g/mol. The molecule has 13 heavy (non-hydrogen) atoms. The highest BCUT2D eigenvalue weighted by molar-refractivity contribution is 6.18. The highest BCUT2D eigenvalue weighted by Crippen LogP contribution is 2.14. The minimum Gasteiger partial charge on any atom is -0.364 e. The fourth-order valence-corrected chi connectivity index (χ4v) is 1.05. The third-order valence-electron chi connectivity index (χ3n) is 1.72. The molecule has 0 aliphatic carbocycles. The Hall–Kier alpha value is -0.760. The minimum absolute atomic E-state index is 0.109. The molecular formula is C10H15ClN2. The van der Waals surface area contributed by atoms with E-state index in [1.54, 1.807) is 6.20 Å². The highest BCUT2D eigenvalue weighted by atomic mass is 35.5. The molecular weight excluding hydrogens is 184 g/mol. The lowest BCUT2D eigenvalue weighted by Gasteiger charge is -2.23. The van der Waals surface area contributed by atoms with Gasteiger partial charge in [-0.3, -0.25) is 0 Å². The van der Waals surface area contributed by atoms with Gasteiger partial charge in [-0.2, -0.15) is 0 Å². The number of hydrogen-bond acceptors (Lipinski definition) is 2.